The molecule has 4 aromatic rings. The van der Waals surface area contributed by atoms with Crippen LogP contribution in [-0.2, 0) is 19.8 Å². The molecule has 10 heteroatoms. The molecule has 1 fully saturated rings. The van der Waals surface area contributed by atoms with E-state index < -0.39 is 11.7 Å². The first-order valence-corrected chi connectivity index (χ1v) is 10.9. The minimum atomic E-state index is -4.34. The summed E-state index contributed by atoms with van der Waals surface area (Å²) >= 11 is 1.39. The normalized spacial score (nSPS) is 18.3. The number of hydrogen-bond donors (Lipinski definition) is 0. The highest BCUT2D eigenvalue weighted by Crippen LogP contribution is 2.35. The lowest BCUT2D eigenvalue weighted by atomic mass is 9.94. The van der Waals surface area contributed by atoms with Gasteiger partial charge < -0.3 is 0 Å². The molecule has 0 aliphatic carbocycles. The maximum Gasteiger partial charge on any atom is 0.416 e. The Kier molecular flexibility index (Phi) is 4.86. The number of benzene rings is 1. The van der Waals surface area contributed by atoms with E-state index in [2.05, 4.69) is 15.1 Å². The van der Waals surface area contributed by atoms with Gasteiger partial charge in [-0.3, -0.25) is 18.7 Å². The molecular weight excluding hydrogens is 427 g/mol. The SMILES string of the molecule is Cn1c(=O)c2sccc2n2c(CN3CCCCC3c3ccc(C(F)(F)F)cc3)nnc12. The third-order valence-corrected chi connectivity index (χ3v) is 6.87. The zero-order chi connectivity index (χ0) is 21.8. The summed E-state index contributed by atoms with van der Waals surface area (Å²) in [4.78, 5) is 14.8. The number of hydrogen-bond acceptors (Lipinski definition) is 5. The fourth-order valence-electron chi connectivity index (χ4n) is 4.39. The number of thiophene rings is 1. The van der Waals surface area contributed by atoms with Crippen molar-refractivity contribution in [2.45, 2.75) is 38.0 Å². The number of piperidine rings is 1. The topological polar surface area (TPSA) is 55.4 Å². The van der Waals surface area contributed by atoms with Crippen LogP contribution < -0.4 is 5.56 Å². The Morgan fingerprint density at radius 3 is 2.65 bits per heavy atom. The number of aromatic nitrogens is 4. The molecule has 3 aromatic heterocycles. The maximum absolute atomic E-state index is 12.9. The van der Waals surface area contributed by atoms with E-state index in [0.717, 1.165) is 49.0 Å². The van der Waals surface area contributed by atoms with Crippen molar-refractivity contribution in [1.82, 2.24) is 24.1 Å². The first-order valence-electron chi connectivity index (χ1n) is 10.1. The summed E-state index contributed by atoms with van der Waals surface area (Å²) in [6.07, 6.45) is -1.44. The van der Waals surface area contributed by atoms with Crippen molar-refractivity contribution in [3.8, 4) is 0 Å². The van der Waals surface area contributed by atoms with E-state index in [1.54, 1.807) is 19.2 Å². The van der Waals surface area contributed by atoms with Gasteiger partial charge in [-0.05, 0) is 48.5 Å². The van der Waals surface area contributed by atoms with Gasteiger partial charge in [-0.15, -0.1) is 21.5 Å². The molecule has 6 nitrogen and oxygen atoms in total. The summed E-state index contributed by atoms with van der Waals surface area (Å²) in [5.74, 6) is 1.20. The maximum atomic E-state index is 12.9. The van der Waals surface area contributed by atoms with Crippen LogP contribution in [0.4, 0.5) is 13.2 Å². The van der Waals surface area contributed by atoms with Crippen LogP contribution >= 0.6 is 11.3 Å². The summed E-state index contributed by atoms with van der Waals surface area (Å²) in [6.45, 7) is 1.31. The molecule has 1 saturated heterocycles. The second-order valence-corrected chi connectivity index (χ2v) is 8.77. The Hall–Kier alpha value is -2.72. The Bertz CT molecular complexity index is 1310. The molecule has 0 saturated carbocycles. The average molecular weight is 447 g/mol. The number of likely N-dealkylation sites (tertiary alicyclic amines) is 1. The van der Waals surface area contributed by atoms with Crippen LogP contribution in [-0.4, -0.2) is 30.6 Å². The number of rotatable bonds is 3. The summed E-state index contributed by atoms with van der Waals surface area (Å²) in [5.41, 5.74) is 0.917. The number of nitrogens with zero attached hydrogens (tertiary/aromatic N) is 5. The smallest absolute Gasteiger partial charge is 0.289 e. The molecule has 0 N–H and O–H groups in total. The molecule has 1 atom stereocenters. The quantitative estimate of drug-likeness (QED) is 0.468. The molecule has 0 spiro atoms. The largest absolute Gasteiger partial charge is 0.416 e. The summed E-state index contributed by atoms with van der Waals surface area (Å²) in [7, 11) is 1.68. The van der Waals surface area contributed by atoms with E-state index in [4.69, 9.17) is 0 Å². The molecule has 1 aromatic carbocycles. The first kappa shape index (κ1) is 20.2. The molecule has 1 aliphatic rings. The van der Waals surface area contributed by atoms with E-state index in [9.17, 15) is 18.0 Å². The second-order valence-electron chi connectivity index (χ2n) is 7.85. The van der Waals surface area contributed by atoms with Crippen molar-refractivity contribution in [2.75, 3.05) is 6.54 Å². The lowest BCUT2D eigenvalue weighted by Gasteiger charge is -2.35. The van der Waals surface area contributed by atoms with Gasteiger partial charge in [-0.2, -0.15) is 13.2 Å². The Morgan fingerprint density at radius 1 is 1.13 bits per heavy atom. The van der Waals surface area contributed by atoms with E-state index in [-0.39, 0.29) is 11.6 Å². The van der Waals surface area contributed by atoms with Crippen LogP contribution in [0.3, 0.4) is 0 Å². The van der Waals surface area contributed by atoms with Gasteiger partial charge in [0.25, 0.3) is 5.56 Å². The Labute approximate surface area is 179 Å². The monoisotopic (exact) mass is 447 g/mol. The second kappa shape index (κ2) is 7.45. The molecule has 0 amide bonds. The van der Waals surface area contributed by atoms with E-state index >= 15 is 0 Å². The van der Waals surface area contributed by atoms with Gasteiger partial charge in [-0.1, -0.05) is 18.6 Å². The fraction of sp³-hybridized carbons (Fsp3) is 0.381. The highest BCUT2D eigenvalue weighted by molar-refractivity contribution is 7.17. The Morgan fingerprint density at radius 2 is 1.90 bits per heavy atom. The minimum absolute atomic E-state index is 0.00822. The van der Waals surface area contributed by atoms with Crippen LogP contribution in [0, 0.1) is 0 Å². The predicted octanol–water partition coefficient (Wildman–Crippen LogP) is 4.39. The fourth-order valence-corrected chi connectivity index (χ4v) is 5.24. The van der Waals surface area contributed by atoms with Gasteiger partial charge in [-0.25, -0.2) is 0 Å². The van der Waals surface area contributed by atoms with Crippen LogP contribution in [0.15, 0.2) is 40.5 Å². The minimum Gasteiger partial charge on any atom is -0.289 e. The van der Waals surface area contributed by atoms with Gasteiger partial charge >= 0.3 is 6.18 Å². The van der Waals surface area contributed by atoms with Crippen LogP contribution in [0.25, 0.3) is 16.0 Å². The van der Waals surface area contributed by atoms with Gasteiger partial charge in [0.2, 0.25) is 5.78 Å². The third-order valence-electron chi connectivity index (χ3n) is 5.98. The van der Waals surface area contributed by atoms with Crippen LogP contribution in [0.1, 0.15) is 42.3 Å². The average Bonchev–Trinajstić information content (AvgIpc) is 3.39. The molecule has 5 rings (SSSR count). The molecule has 0 bridgehead atoms. The van der Waals surface area contributed by atoms with Crippen molar-refractivity contribution in [2.24, 2.45) is 7.05 Å². The summed E-state index contributed by atoms with van der Waals surface area (Å²) in [6, 6.07) is 7.36. The summed E-state index contributed by atoms with van der Waals surface area (Å²) in [5, 5.41) is 10.5. The van der Waals surface area contributed by atoms with Crippen LogP contribution in [0.5, 0.6) is 0 Å². The molecule has 1 unspecified atom stereocenters. The predicted molar refractivity (Wildman–Crippen MR) is 112 cm³/mol. The molecule has 31 heavy (non-hydrogen) atoms. The van der Waals surface area contributed by atoms with Gasteiger partial charge in [0.1, 0.15) is 4.70 Å². The first-order chi connectivity index (χ1) is 14.8. The Balaban J connectivity index is 1.51. The zero-order valence-corrected chi connectivity index (χ0v) is 17.6. The van der Waals surface area contributed by atoms with E-state index in [0.29, 0.717) is 22.8 Å². The molecule has 0 radical (unpaired) electrons. The third kappa shape index (κ3) is 3.43. The van der Waals surface area contributed by atoms with Gasteiger partial charge in [0.15, 0.2) is 5.82 Å². The summed E-state index contributed by atoms with van der Waals surface area (Å²) < 4.78 is 42.9. The lowest BCUT2D eigenvalue weighted by Crippen LogP contribution is -2.33. The van der Waals surface area contributed by atoms with E-state index in [1.807, 2.05) is 15.8 Å². The standard InChI is InChI=1S/C21H20F3N5OS/c1-27-19(30)18-16(9-11-31-18)29-17(25-26-20(27)29)12-28-10-3-2-4-15(28)13-5-7-14(8-6-13)21(22,23)24/h5-9,11,15H,2-4,10,12H2,1H3. The molecule has 4 heterocycles. The highest BCUT2D eigenvalue weighted by Gasteiger charge is 2.31. The van der Waals surface area contributed by atoms with Gasteiger partial charge in [0, 0.05) is 13.1 Å². The highest BCUT2D eigenvalue weighted by atomic mass is 32.1. The van der Waals surface area contributed by atoms with Crippen LogP contribution in [0.2, 0.25) is 0 Å². The van der Waals surface area contributed by atoms with Crippen molar-refractivity contribution in [3.05, 3.63) is 63.0 Å². The van der Waals surface area contributed by atoms with Crippen molar-refractivity contribution in [1.29, 1.82) is 0 Å². The molecule has 1 aliphatic heterocycles. The lowest BCUT2D eigenvalue weighted by molar-refractivity contribution is -0.137. The number of fused-ring (bicyclic) bond motifs is 3. The van der Waals surface area contributed by atoms with Gasteiger partial charge in [0.05, 0.1) is 17.6 Å². The van der Waals surface area contributed by atoms with Crippen molar-refractivity contribution < 1.29 is 13.2 Å². The van der Waals surface area contributed by atoms with Crippen molar-refractivity contribution in [3.63, 3.8) is 0 Å². The number of halogens is 3. The number of alkyl halides is 3. The zero-order valence-electron chi connectivity index (χ0n) is 16.8. The molecular formula is C21H20F3N5OS. The molecule has 162 valence electrons. The number of aryl methyl sites for hydroxylation is 1. The van der Waals surface area contributed by atoms with Crippen molar-refractivity contribution >= 4 is 27.3 Å². The van der Waals surface area contributed by atoms with E-state index in [1.165, 1.54) is 15.9 Å².